The maximum atomic E-state index is 12.9. The molecule has 5 unspecified atom stereocenters. The lowest BCUT2D eigenvalue weighted by atomic mass is 10.0. The van der Waals surface area contributed by atoms with Crippen molar-refractivity contribution in [1.29, 1.82) is 0 Å². The van der Waals surface area contributed by atoms with Crippen LogP contribution in [0.3, 0.4) is 0 Å². The summed E-state index contributed by atoms with van der Waals surface area (Å²) in [5.74, 6) is -1.59. The lowest BCUT2D eigenvalue weighted by molar-refractivity contribution is -0.161. The lowest BCUT2D eigenvalue weighted by Crippen LogP contribution is -2.30. The zero-order valence-corrected chi connectivity index (χ0v) is 65.6. The fourth-order valence-corrected chi connectivity index (χ4v) is 12.5. The molecule has 0 radical (unpaired) electrons. The molecule has 18 heteroatoms. The van der Waals surface area contributed by atoms with Crippen molar-refractivity contribution in [2.45, 2.75) is 360 Å². The van der Waals surface area contributed by atoms with Gasteiger partial charge in [-0.25, -0.2) is 9.13 Å². The third-order valence-corrected chi connectivity index (χ3v) is 18.9. The summed E-state index contributed by atoms with van der Waals surface area (Å²) < 4.78 is 61.0. The number of allylic oxidation sites excluding steroid dienone is 18. The highest BCUT2D eigenvalue weighted by molar-refractivity contribution is 7.47. The molecule has 0 saturated heterocycles. The number of phosphoric acid groups is 2. The van der Waals surface area contributed by atoms with Crippen LogP contribution in [-0.2, 0) is 55.8 Å². The first-order valence-corrected chi connectivity index (χ1v) is 43.2. The molecular weight excluding hydrogens is 1310 g/mol. The van der Waals surface area contributed by atoms with Crippen LogP contribution in [0.5, 0.6) is 0 Å². The maximum Gasteiger partial charge on any atom is 0.472 e. The van der Waals surface area contributed by atoms with Gasteiger partial charge in [-0.3, -0.25) is 32.5 Å². The van der Waals surface area contributed by atoms with Gasteiger partial charge in [0.25, 0.3) is 0 Å². The molecule has 0 saturated carbocycles. The first-order chi connectivity index (χ1) is 49.2. The van der Waals surface area contributed by atoms with Gasteiger partial charge in [-0.15, -0.1) is 0 Å². The van der Waals surface area contributed by atoms with Gasteiger partial charge in [0.15, 0.2) is 6.10 Å². The minimum absolute atomic E-state index is 0.102. The number of ether oxygens (including phenoxy) is 3. The monoisotopic (exact) mass is 1460 g/mol. The Hall–Kier alpha value is -3.79. The number of aliphatic hydroxyl groups is 2. The van der Waals surface area contributed by atoms with E-state index in [9.17, 15) is 43.5 Å². The lowest BCUT2D eigenvalue weighted by Gasteiger charge is -2.21. The molecule has 0 aliphatic heterocycles. The van der Waals surface area contributed by atoms with E-state index in [1.807, 2.05) is 0 Å². The molecule has 4 N–H and O–H groups in total. The molecule has 0 aromatic heterocycles. The largest absolute Gasteiger partial charge is 0.472 e. The van der Waals surface area contributed by atoms with Gasteiger partial charge in [0, 0.05) is 19.3 Å². The van der Waals surface area contributed by atoms with Gasteiger partial charge >= 0.3 is 33.6 Å². The van der Waals surface area contributed by atoms with E-state index in [1.54, 1.807) is 0 Å². The van der Waals surface area contributed by atoms with E-state index in [0.717, 1.165) is 128 Å². The standard InChI is InChI=1S/C83H146O16P2/c1-4-7-10-13-16-19-22-24-26-28-30-32-33-34-35-36-37-38-39-40-41-42-43-45-47-48-50-52-55-57-60-63-66-69-81(86)93-72-78(84)73-95-100(89,90)96-74-79(85)75-97-101(91,92)98-77-80(99-83(88)71-68-65-62-59-54-21-18-15-12-9-6-3)76-94-82(87)70-67-64-61-58-56-53-51-49-46-44-31-29-27-25-23-20-17-14-11-8-5-2/h8,11,16-17,19-20,24-27,30-32,34-35,44,49,51,78-80,84-85H,4-7,9-10,12-15,18,21-23,28-29,33,36-43,45-48,50,52-77H2,1-3H3,(H,89,90)(H,91,92)/b11-8-,19-16-,20-17-,26-24-,27-25-,32-30-,35-34-,44-31-,51-49-. The van der Waals surface area contributed by atoms with Crippen LogP contribution in [0.25, 0.3) is 0 Å². The van der Waals surface area contributed by atoms with E-state index in [0.29, 0.717) is 19.3 Å². The van der Waals surface area contributed by atoms with Gasteiger partial charge in [-0.2, -0.15) is 0 Å². The number of hydrogen-bond acceptors (Lipinski definition) is 14. The molecule has 0 aromatic carbocycles. The molecule has 584 valence electrons. The van der Waals surface area contributed by atoms with E-state index in [1.165, 1.54) is 154 Å². The van der Waals surface area contributed by atoms with E-state index >= 15 is 0 Å². The number of rotatable bonds is 76. The van der Waals surface area contributed by atoms with E-state index in [4.69, 9.17) is 32.3 Å². The highest BCUT2D eigenvalue weighted by Gasteiger charge is 2.29. The second kappa shape index (κ2) is 75.9. The van der Waals surface area contributed by atoms with Crippen molar-refractivity contribution in [2.24, 2.45) is 0 Å². The molecule has 0 heterocycles. The van der Waals surface area contributed by atoms with Crippen molar-refractivity contribution < 1.29 is 75.8 Å². The summed E-state index contributed by atoms with van der Waals surface area (Å²) in [6, 6.07) is 0. The molecule has 101 heavy (non-hydrogen) atoms. The van der Waals surface area contributed by atoms with Gasteiger partial charge in [0.1, 0.15) is 25.4 Å². The number of phosphoric ester groups is 2. The number of unbranched alkanes of at least 4 members (excludes halogenated alkanes) is 35. The van der Waals surface area contributed by atoms with Gasteiger partial charge in [0.05, 0.1) is 26.4 Å². The Balaban J connectivity index is 4.37. The van der Waals surface area contributed by atoms with Crippen LogP contribution in [0.2, 0.25) is 0 Å². The van der Waals surface area contributed by atoms with Gasteiger partial charge in [-0.1, -0.05) is 323 Å². The van der Waals surface area contributed by atoms with Crippen LogP contribution < -0.4 is 0 Å². The molecule has 0 aliphatic carbocycles. The average molecular weight is 1460 g/mol. The van der Waals surface area contributed by atoms with E-state index < -0.39 is 91.5 Å². The smallest absolute Gasteiger partial charge is 0.463 e. The topological polar surface area (TPSA) is 231 Å². The zero-order chi connectivity index (χ0) is 73.7. The predicted octanol–water partition coefficient (Wildman–Crippen LogP) is 23.5. The van der Waals surface area contributed by atoms with Crippen LogP contribution in [0.15, 0.2) is 109 Å². The molecule has 5 atom stereocenters. The molecule has 0 fully saturated rings. The Labute approximate surface area is 615 Å². The van der Waals surface area contributed by atoms with Crippen LogP contribution in [0.4, 0.5) is 0 Å². The molecule has 16 nitrogen and oxygen atoms in total. The Morgan fingerprint density at radius 3 is 0.851 bits per heavy atom. The van der Waals surface area contributed by atoms with Crippen LogP contribution in [0.1, 0.15) is 342 Å². The predicted molar refractivity (Wildman–Crippen MR) is 417 cm³/mol. The van der Waals surface area contributed by atoms with Crippen LogP contribution in [-0.4, -0.2) is 95.9 Å². The summed E-state index contributed by atoms with van der Waals surface area (Å²) in [4.78, 5) is 58.5. The van der Waals surface area contributed by atoms with E-state index in [-0.39, 0.29) is 19.3 Å². The molecule has 0 amide bonds. The molecular formula is C83H146O16P2. The van der Waals surface area contributed by atoms with Crippen LogP contribution in [0, 0.1) is 0 Å². The first kappa shape index (κ1) is 97.2. The molecule has 0 bridgehead atoms. The fourth-order valence-electron chi connectivity index (χ4n) is 10.9. The third kappa shape index (κ3) is 77.1. The summed E-state index contributed by atoms with van der Waals surface area (Å²) in [6.45, 7) is 2.53. The van der Waals surface area contributed by atoms with E-state index in [2.05, 4.69) is 130 Å². The van der Waals surface area contributed by atoms with Crippen molar-refractivity contribution in [1.82, 2.24) is 0 Å². The SMILES string of the molecule is CC/C=C\C/C=C\C/C=C\C/C=C\C/C=C\CCCCCCCC(=O)OCC(COP(=O)(O)OCC(O)COP(=O)(O)OCC(O)COC(=O)CCCCCCCCCCCCCCCCCCC/C=C\C/C=C\C/C=C\C/C=C\CCCCC)OC(=O)CCCCCCCCCCCCC. The molecule has 0 spiro atoms. The number of carbonyl (C=O) groups is 3. The van der Waals surface area contributed by atoms with Crippen molar-refractivity contribution >= 4 is 33.6 Å². The summed E-state index contributed by atoms with van der Waals surface area (Å²) in [5.41, 5.74) is 0. The molecule has 0 aromatic rings. The summed E-state index contributed by atoms with van der Waals surface area (Å²) in [5, 5.41) is 20.6. The van der Waals surface area contributed by atoms with Gasteiger partial charge < -0.3 is 34.2 Å². The van der Waals surface area contributed by atoms with Crippen LogP contribution >= 0.6 is 15.6 Å². The average Bonchev–Trinajstić information content (AvgIpc) is 0.947. The minimum Gasteiger partial charge on any atom is -0.463 e. The second-order valence-electron chi connectivity index (χ2n) is 26.8. The van der Waals surface area contributed by atoms with Crippen molar-refractivity contribution in [2.75, 3.05) is 39.6 Å². The normalized spacial score (nSPS) is 14.6. The Morgan fingerprint density at radius 1 is 0.287 bits per heavy atom. The second-order valence-corrected chi connectivity index (χ2v) is 29.8. The zero-order valence-electron chi connectivity index (χ0n) is 63.8. The highest BCUT2D eigenvalue weighted by atomic mass is 31.2. The Kier molecular flexibility index (Phi) is 73.0. The highest BCUT2D eigenvalue weighted by Crippen LogP contribution is 2.45. The van der Waals surface area contributed by atoms with Crippen molar-refractivity contribution in [3.63, 3.8) is 0 Å². The number of aliphatic hydroxyl groups excluding tert-OH is 2. The van der Waals surface area contributed by atoms with Crippen molar-refractivity contribution in [3.8, 4) is 0 Å². The Bertz CT molecular complexity index is 2270. The van der Waals surface area contributed by atoms with Gasteiger partial charge in [-0.05, 0) is 109 Å². The maximum absolute atomic E-state index is 12.9. The third-order valence-electron chi connectivity index (χ3n) is 17.0. The first-order valence-electron chi connectivity index (χ1n) is 40.2. The van der Waals surface area contributed by atoms with Gasteiger partial charge in [0.2, 0.25) is 0 Å². The summed E-state index contributed by atoms with van der Waals surface area (Å²) in [6.07, 6.45) is 88.8. The summed E-state index contributed by atoms with van der Waals surface area (Å²) >= 11 is 0. The fraction of sp³-hybridized carbons (Fsp3) is 0.747. The molecule has 0 rings (SSSR count). The van der Waals surface area contributed by atoms with Crippen molar-refractivity contribution in [3.05, 3.63) is 109 Å². The minimum atomic E-state index is -4.93. The Morgan fingerprint density at radius 2 is 0.525 bits per heavy atom. The molecule has 0 aliphatic rings. The number of esters is 3. The number of carbonyl (C=O) groups excluding carboxylic acids is 3. The quantitative estimate of drug-likeness (QED) is 0.0146. The number of hydrogen-bond donors (Lipinski definition) is 4. The summed E-state index contributed by atoms with van der Waals surface area (Å²) in [7, 11) is -9.78.